The zero-order chi connectivity index (χ0) is 15.9. The van der Waals surface area contributed by atoms with E-state index < -0.39 is 11.5 Å². The van der Waals surface area contributed by atoms with E-state index in [1.54, 1.807) is 10.6 Å². The molecule has 1 aromatic carbocycles. The Bertz CT molecular complexity index is 808. The lowest BCUT2D eigenvalue weighted by Crippen LogP contribution is -3.06. The third kappa shape index (κ3) is 2.25. The molecule has 3 rings (SSSR count). The Morgan fingerprint density at radius 2 is 2.18 bits per heavy atom. The van der Waals surface area contributed by atoms with E-state index in [-0.39, 0.29) is 11.3 Å². The van der Waals surface area contributed by atoms with Gasteiger partial charge in [-0.2, -0.15) is 0 Å². The first-order chi connectivity index (χ1) is 10.5. The van der Waals surface area contributed by atoms with Crippen molar-refractivity contribution in [1.29, 1.82) is 0 Å². The number of rotatable bonds is 4. The fourth-order valence-electron chi connectivity index (χ4n) is 2.94. The van der Waals surface area contributed by atoms with Crippen LogP contribution in [0.2, 0.25) is 0 Å². The highest BCUT2D eigenvalue weighted by molar-refractivity contribution is 6.03. The van der Waals surface area contributed by atoms with Crippen molar-refractivity contribution in [3.05, 3.63) is 39.7 Å². The molecule has 0 saturated carbocycles. The average molecular weight is 302 g/mol. The number of carbonyl (C=O) groups is 1. The van der Waals surface area contributed by atoms with Gasteiger partial charge in [0.2, 0.25) is 0 Å². The molecule has 1 aliphatic heterocycles. The highest BCUT2D eigenvalue weighted by Crippen LogP contribution is 2.31. The SMILES string of the molecule is C[NH+](C)CCNC(=O)c1c(O)c2cccc3c2n(c1=O)CC3. The molecule has 116 valence electrons. The molecule has 0 atom stereocenters. The molecule has 2 aromatic rings. The zero-order valence-electron chi connectivity index (χ0n) is 12.8. The van der Waals surface area contributed by atoms with E-state index in [0.717, 1.165) is 24.0 Å². The Kier molecular flexibility index (Phi) is 3.62. The summed E-state index contributed by atoms with van der Waals surface area (Å²) in [6.45, 7) is 1.76. The second-order valence-corrected chi connectivity index (χ2v) is 5.96. The number of quaternary nitrogens is 1. The van der Waals surface area contributed by atoms with Gasteiger partial charge in [0.1, 0.15) is 11.3 Å². The number of aryl methyl sites for hydroxylation is 2. The minimum Gasteiger partial charge on any atom is -0.506 e. The first kappa shape index (κ1) is 14.6. The second-order valence-electron chi connectivity index (χ2n) is 5.96. The molecule has 1 amide bonds. The maximum atomic E-state index is 12.5. The van der Waals surface area contributed by atoms with Gasteiger partial charge >= 0.3 is 0 Å². The van der Waals surface area contributed by atoms with Gasteiger partial charge in [0.05, 0.1) is 32.7 Å². The zero-order valence-corrected chi connectivity index (χ0v) is 12.8. The van der Waals surface area contributed by atoms with Gasteiger partial charge in [-0.05, 0) is 18.1 Å². The van der Waals surface area contributed by atoms with Crippen LogP contribution in [-0.2, 0) is 13.0 Å². The number of likely N-dealkylation sites (N-methyl/N-ethyl adjacent to an activating group) is 1. The van der Waals surface area contributed by atoms with Crippen molar-refractivity contribution in [2.75, 3.05) is 27.2 Å². The number of nitrogens with one attached hydrogen (secondary N) is 2. The average Bonchev–Trinajstić information content (AvgIpc) is 2.89. The maximum absolute atomic E-state index is 12.5. The van der Waals surface area contributed by atoms with Gasteiger partial charge in [0.15, 0.2) is 0 Å². The van der Waals surface area contributed by atoms with Crippen LogP contribution in [-0.4, -0.2) is 42.8 Å². The van der Waals surface area contributed by atoms with Crippen molar-refractivity contribution in [2.24, 2.45) is 0 Å². The lowest BCUT2D eigenvalue weighted by molar-refractivity contribution is -0.856. The van der Waals surface area contributed by atoms with Gasteiger partial charge in [0.25, 0.3) is 11.5 Å². The molecule has 6 heteroatoms. The largest absolute Gasteiger partial charge is 0.506 e. The standard InChI is InChI=1S/C16H19N3O3/c1-18(2)9-7-17-15(21)12-14(20)11-5-3-4-10-6-8-19(13(10)11)16(12)22/h3-5,20H,6-9H2,1-2H3,(H,17,21)/p+1. The van der Waals surface area contributed by atoms with Crippen molar-refractivity contribution in [1.82, 2.24) is 9.88 Å². The number of hydrogen-bond donors (Lipinski definition) is 3. The minimum atomic E-state index is -0.508. The number of pyridine rings is 1. The van der Waals surface area contributed by atoms with E-state index >= 15 is 0 Å². The normalized spacial score (nSPS) is 13.0. The highest BCUT2D eigenvalue weighted by Gasteiger charge is 2.25. The van der Waals surface area contributed by atoms with Gasteiger partial charge in [-0.25, -0.2) is 0 Å². The summed E-state index contributed by atoms with van der Waals surface area (Å²) < 4.78 is 1.59. The molecule has 0 unspecified atom stereocenters. The summed E-state index contributed by atoms with van der Waals surface area (Å²) in [6.07, 6.45) is 0.751. The van der Waals surface area contributed by atoms with Crippen molar-refractivity contribution < 1.29 is 14.8 Å². The number of aromatic nitrogens is 1. The summed E-state index contributed by atoms with van der Waals surface area (Å²) in [5.74, 6) is -0.721. The van der Waals surface area contributed by atoms with Crippen LogP contribution < -0.4 is 15.8 Å². The van der Waals surface area contributed by atoms with Gasteiger partial charge in [-0.15, -0.1) is 0 Å². The van der Waals surface area contributed by atoms with Crippen LogP contribution in [0.25, 0.3) is 10.9 Å². The molecular formula is C16H20N3O3+. The Morgan fingerprint density at radius 1 is 1.41 bits per heavy atom. The molecule has 22 heavy (non-hydrogen) atoms. The van der Waals surface area contributed by atoms with Crippen molar-refractivity contribution in [3.63, 3.8) is 0 Å². The Hall–Kier alpha value is -2.34. The number of aromatic hydroxyl groups is 1. The molecule has 0 spiro atoms. The predicted octanol–water partition coefficient (Wildman–Crippen LogP) is -0.862. The first-order valence-electron chi connectivity index (χ1n) is 7.45. The van der Waals surface area contributed by atoms with Crippen molar-refractivity contribution in [2.45, 2.75) is 13.0 Å². The third-order valence-corrected chi connectivity index (χ3v) is 4.08. The summed E-state index contributed by atoms with van der Waals surface area (Å²) in [7, 11) is 3.97. The number of nitrogens with zero attached hydrogens (tertiary/aromatic N) is 1. The topological polar surface area (TPSA) is 75.8 Å². The van der Waals surface area contributed by atoms with Crippen LogP contribution in [0.15, 0.2) is 23.0 Å². The number of carbonyl (C=O) groups excluding carboxylic acids is 1. The van der Waals surface area contributed by atoms with E-state index in [0.29, 0.717) is 18.5 Å². The van der Waals surface area contributed by atoms with Gasteiger partial charge in [-0.1, -0.05) is 12.1 Å². The summed E-state index contributed by atoms with van der Waals surface area (Å²) in [5.41, 5.74) is 1.22. The predicted molar refractivity (Wildman–Crippen MR) is 83.6 cm³/mol. The molecular weight excluding hydrogens is 282 g/mol. The number of para-hydroxylation sites is 1. The van der Waals surface area contributed by atoms with Crippen LogP contribution in [0.4, 0.5) is 0 Å². The quantitative estimate of drug-likeness (QED) is 0.688. The van der Waals surface area contributed by atoms with Gasteiger partial charge in [-0.3, -0.25) is 9.59 Å². The summed E-state index contributed by atoms with van der Waals surface area (Å²) >= 11 is 0. The highest BCUT2D eigenvalue weighted by atomic mass is 16.3. The Balaban J connectivity index is 2.05. The Labute approximate surface area is 128 Å². The third-order valence-electron chi connectivity index (χ3n) is 4.08. The molecule has 1 aliphatic rings. The number of benzene rings is 1. The summed E-state index contributed by atoms with van der Waals surface area (Å²) in [6, 6.07) is 5.54. The second kappa shape index (κ2) is 5.46. The van der Waals surface area contributed by atoms with Crippen LogP contribution in [0.1, 0.15) is 15.9 Å². The molecule has 3 N–H and O–H groups in total. The van der Waals surface area contributed by atoms with E-state index in [9.17, 15) is 14.7 Å². The molecule has 0 fully saturated rings. The molecule has 2 heterocycles. The van der Waals surface area contributed by atoms with Gasteiger partial charge in [0, 0.05) is 11.9 Å². The van der Waals surface area contributed by atoms with E-state index in [1.807, 2.05) is 26.2 Å². The fraction of sp³-hybridized carbons (Fsp3) is 0.375. The monoisotopic (exact) mass is 302 g/mol. The van der Waals surface area contributed by atoms with Crippen LogP contribution in [0, 0.1) is 0 Å². The lowest BCUT2D eigenvalue weighted by Gasteiger charge is -2.12. The van der Waals surface area contributed by atoms with E-state index in [4.69, 9.17) is 0 Å². The van der Waals surface area contributed by atoms with Crippen molar-refractivity contribution in [3.8, 4) is 5.75 Å². The van der Waals surface area contributed by atoms with Gasteiger partial charge < -0.3 is 19.9 Å². The van der Waals surface area contributed by atoms with E-state index in [1.165, 1.54) is 4.90 Å². The van der Waals surface area contributed by atoms with Crippen LogP contribution in [0.5, 0.6) is 5.75 Å². The molecule has 0 saturated heterocycles. The molecule has 0 aliphatic carbocycles. The molecule has 0 bridgehead atoms. The van der Waals surface area contributed by atoms with Crippen LogP contribution in [0.3, 0.4) is 0 Å². The van der Waals surface area contributed by atoms with Crippen LogP contribution >= 0.6 is 0 Å². The summed E-state index contributed by atoms with van der Waals surface area (Å²) in [4.78, 5) is 26.0. The molecule has 6 nitrogen and oxygen atoms in total. The molecule has 1 aromatic heterocycles. The van der Waals surface area contributed by atoms with Crippen molar-refractivity contribution >= 4 is 16.8 Å². The summed E-state index contributed by atoms with van der Waals surface area (Å²) in [5, 5.41) is 13.7. The smallest absolute Gasteiger partial charge is 0.267 e. The minimum absolute atomic E-state index is 0.152. The lowest BCUT2D eigenvalue weighted by atomic mass is 10.1. The number of hydrogen-bond acceptors (Lipinski definition) is 3. The maximum Gasteiger partial charge on any atom is 0.267 e. The number of amides is 1. The Morgan fingerprint density at radius 3 is 2.91 bits per heavy atom. The first-order valence-corrected chi connectivity index (χ1v) is 7.45. The molecule has 0 radical (unpaired) electrons. The fourth-order valence-corrected chi connectivity index (χ4v) is 2.94. The van der Waals surface area contributed by atoms with E-state index in [2.05, 4.69) is 5.32 Å².